The van der Waals surface area contributed by atoms with Gasteiger partial charge in [-0.2, -0.15) is 4.57 Å². The molecular weight excluding hydrogens is 330 g/mol. The van der Waals surface area contributed by atoms with E-state index in [2.05, 4.69) is 79.2 Å². The lowest BCUT2D eigenvalue weighted by Gasteiger charge is -1.98. The topological polar surface area (TPSA) is 3.88 Å². The van der Waals surface area contributed by atoms with Crippen molar-refractivity contribution in [3.63, 3.8) is 0 Å². The fourth-order valence-corrected chi connectivity index (χ4v) is 5.80. The van der Waals surface area contributed by atoms with Crippen molar-refractivity contribution < 1.29 is 4.57 Å². The fourth-order valence-electron chi connectivity index (χ4n) is 3.42. The molecule has 0 aliphatic carbocycles. The van der Waals surface area contributed by atoms with E-state index in [9.17, 15) is 0 Å². The molecule has 116 valence electrons. The second kappa shape index (κ2) is 5.13. The quantitative estimate of drug-likeness (QED) is 0.324. The van der Waals surface area contributed by atoms with Crippen molar-refractivity contribution in [2.45, 2.75) is 6.92 Å². The van der Waals surface area contributed by atoms with Crippen molar-refractivity contribution in [2.24, 2.45) is 7.05 Å². The molecule has 0 fully saturated rings. The molecule has 0 N–H and O–H groups in total. The van der Waals surface area contributed by atoms with Crippen LogP contribution in [0.1, 0.15) is 5.56 Å². The molecule has 1 nitrogen and oxygen atoms in total. The van der Waals surface area contributed by atoms with E-state index < -0.39 is 0 Å². The van der Waals surface area contributed by atoms with E-state index in [1.807, 2.05) is 22.7 Å². The van der Waals surface area contributed by atoms with Gasteiger partial charge in [-0.1, -0.05) is 47.7 Å². The van der Waals surface area contributed by atoms with Crippen LogP contribution >= 0.6 is 22.7 Å². The minimum absolute atomic E-state index is 1.32. The van der Waals surface area contributed by atoms with Crippen LogP contribution in [0.15, 0.2) is 60.7 Å². The highest BCUT2D eigenvalue weighted by atomic mass is 32.1. The van der Waals surface area contributed by atoms with E-state index in [-0.39, 0.29) is 0 Å². The Labute approximate surface area is 148 Å². The SMILES string of the molecule is Cc1ccccc1-c1sc2cc3c(cc2[n+]1C)sc1ccccc13. The van der Waals surface area contributed by atoms with Crippen molar-refractivity contribution in [3.05, 3.63) is 66.2 Å². The minimum Gasteiger partial charge on any atom is -0.184 e. The zero-order valence-corrected chi connectivity index (χ0v) is 15.2. The molecule has 0 amide bonds. The van der Waals surface area contributed by atoms with Crippen molar-refractivity contribution in [1.29, 1.82) is 0 Å². The normalized spacial score (nSPS) is 11.8. The minimum atomic E-state index is 1.32. The van der Waals surface area contributed by atoms with Crippen LogP contribution in [-0.2, 0) is 7.05 Å². The van der Waals surface area contributed by atoms with E-state index in [1.54, 1.807) is 0 Å². The maximum absolute atomic E-state index is 2.37. The number of hydrogen-bond acceptors (Lipinski definition) is 2. The summed E-state index contributed by atoms with van der Waals surface area (Å²) >= 11 is 3.77. The average molecular weight is 347 g/mol. The smallest absolute Gasteiger partial charge is 0.184 e. The van der Waals surface area contributed by atoms with Crippen LogP contribution in [-0.4, -0.2) is 0 Å². The van der Waals surface area contributed by atoms with Gasteiger partial charge in [-0.3, -0.25) is 0 Å². The summed E-state index contributed by atoms with van der Waals surface area (Å²) in [7, 11) is 2.18. The van der Waals surface area contributed by atoms with Crippen LogP contribution in [0.3, 0.4) is 0 Å². The number of aromatic nitrogens is 1. The molecule has 3 aromatic carbocycles. The third kappa shape index (κ3) is 1.95. The molecule has 0 spiro atoms. The molecule has 3 heteroatoms. The van der Waals surface area contributed by atoms with E-state index >= 15 is 0 Å². The zero-order valence-electron chi connectivity index (χ0n) is 13.5. The van der Waals surface area contributed by atoms with Gasteiger partial charge in [0.2, 0.25) is 5.52 Å². The first kappa shape index (κ1) is 14.1. The van der Waals surface area contributed by atoms with Gasteiger partial charge in [0.25, 0.3) is 5.01 Å². The summed E-state index contributed by atoms with van der Waals surface area (Å²) in [5.41, 5.74) is 3.97. The number of thiazole rings is 1. The largest absolute Gasteiger partial charge is 0.270 e. The van der Waals surface area contributed by atoms with Gasteiger partial charge in [0.15, 0.2) is 0 Å². The molecule has 0 atom stereocenters. The molecule has 0 aliphatic heterocycles. The summed E-state index contributed by atoms with van der Waals surface area (Å²) in [6, 6.07) is 22.1. The molecule has 24 heavy (non-hydrogen) atoms. The summed E-state index contributed by atoms with van der Waals surface area (Å²) in [5.74, 6) is 0. The Morgan fingerprint density at radius 1 is 0.750 bits per heavy atom. The van der Waals surface area contributed by atoms with Gasteiger partial charge < -0.3 is 0 Å². The third-order valence-electron chi connectivity index (χ3n) is 4.71. The second-order valence-electron chi connectivity index (χ2n) is 6.20. The molecule has 0 saturated carbocycles. The summed E-state index contributed by atoms with van der Waals surface area (Å²) in [6.07, 6.45) is 0. The van der Waals surface area contributed by atoms with Gasteiger partial charge in [0, 0.05) is 26.2 Å². The van der Waals surface area contributed by atoms with Gasteiger partial charge in [-0.05, 0) is 30.7 Å². The first-order valence-electron chi connectivity index (χ1n) is 8.02. The van der Waals surface area contributed by atoms with E-state index in [0.717, 1.165) is 0 Å². The number of benzene rings is 3. The summed E-state index contributed by atoms with van der Waals surface area (Å²) in [6.45, 7) is 2.19. The van der Waals surface area contributed by atoms with Gasteiger partial charge in [0.1, 0.15) is 11.7 Å². The Balaban J connectivity index is 1.85. The molecule has 2 heterocycles. The number of rotatable bonds is 1. The number of aryl methyl sites for hydroxylation is 2. The zero-order chi connectivity index (χ0) is 16.3. The van der Waals surface area contributed by atoms with E-state index in [1.165, 1.54) is 46.5 Å². The summed E-state index contributed by atoms with van der Waals surface area (Å²) in [4.78, 5) is 0. The highest BCUT2D eigenvalue weighted by Crippen LogP contribution is 2.38. The first-order valence-corrected chi connectivity index (χ1v) is 9.65. The van der Waals surface area contributed by atoms with Crippen molar-refractivity contribution in [2.75, 3.05) is 0 Å². The number of thiophene rings is 1. The Bertz CT molecular complexity index is 1230. The van der Waals surface area contributed by atoms with E-state index in [4.69, 9.17) is 0 Å². The van der Waals surface area contributed by atoms with Gasteiger partial charge in [0.05, 0.1) is 5.56 Å². The Morgan fingerprint density at radius 3 is 2.42 bits per heavy atom. The van der Waals surface area contributed by atoms with Crippen LogP contribution in [0.4, 0.5) is 0 Å². The van der Waals surface area contributed by atoms with Crippen molar-refractivity contribution in [3.8, 4) is 10.6 Å². The predicted octanol–water partition coefficient (Wildman–Crippen LogP) is 6.07. The van der Waals surface area contributed by atoms with Crippen LogP contribution in [0.5, 0.6) is 0 Å². The average Bonchev–Trinajstić information content (AvgIpc) is 3.11. The lowest BCUT2D eigenvalue weighted by Crippen LogP contribution is -2.28. The van der Waals surface area contributed by atoms with Crippen LogP contribution in [0.25, 0.3) is 41.0 Å². The summed E-state index contributed by atoms with van der Waals surface area (Å²) in [5, 5.41) is 4.07. The predicted molar refractivity (Wildman–Crippen MR) is 106 cm³/mol. The van der Waals surface area contributed by atoms with Crippen molar-refractivity contribution in [1.82, 2.24) is 0 Å². The molecule has 5 rings (SSSR count). The lowest BCUT2D eigenvalue weighted by atomic mass is 10.1. The standard InChI is InChI=1S/C21H16NS2/c1-13-7-3-4-8-14(13)21-22(2)17-12-19-16(11-20(17)24-21)15-9-5-6-10-18(15)23-19/h3-12H,1-2H3/q+1. The molecule has 0 bridgehead atoms. The van der Waals surface area contributed by atoms with Gasteiger partial charge in [-0.15, -0.1) is 11.3 Å². The Hall–Kier alpha value is -2.23. The van der Waals surface area contributed by atoms with Crippen molar-refractivity contribution >= 4 is 53.1 Å². The van der Waals surface area contributed by atoms with Gasteiger partial charge in [-0.25, -0.2) is 0 Å². The molecular formula is C21H16NS2+. The highest BCUT2D eigenvalue weighted by molar-refractivity contribution is 7.26. The first-order chi connectivity index (χ1) is 11.7. The van der Waals surface area contributed by atoms with Crippen LogP contribution in [0.2, 0.25) is 0 Å². The fraction of sp³-hybridized carbons (Fsp3) is 0.0952. The second-order valence-corrected chi connectivity index (χ2v) is 8.31. The van der Waals surface area contributed by atoms with E-state index in [0.29, 0.717) is 0 Å². The molecule has 0 saturated heterocycles. The molecule has 0 unspecified atom stereocenters. The van der Waals surface area contributed by atoms with Crippen LogP contribution < -0.4 is 4.57 Å². The number of hydrogen-bond donors (Lipinski definition) is 0. The maximum Gasteiger partial charge on any atom is 0.270 e. The summed E-state index contributed by atoms with van der Waals surface area (Å²) < 4.78 is 6.43. The molecule has 0 aliphatic rings. The van der Waals surface area contributed by atoms with Crippen LogP contribution in [0, 0.1) is 6.92 Å². The Morgan fingerprint density at radius 2 is 1.54 bits per heavy atom. The molecule has 2 aromatic heterocycles. The third-order valence-corrected chi connectivity index (χ3v) is 7.07. The lowest BCUT2D eigenvalue weighted by molar-refractivity contribution is -0.629. The molecule has 0 radical (unpaired) electrons. The number of fused-ring (bicyclic) bond motifs is 4. The van der Waals surface area contributed by atoms with Gasteiger partial charge >= 0.3 is 0 Å². The molecule has 5 aromatic rings. The monoisotopic (exact) mass is 346 g/mol. The maximum atomic E-state index is 2.37. The Kier molecular flexibility index (Phi) is 3.02. The highest BCUT2D eigenvalue weighted by Gasteiger charge is 2.21. The number of nitrogens with zero attached hydrogens (tertiary/aromatic N) is 1.